The quantitative estimate of drug-likeness (QED) is 0.848. The van der Waals surface area contributed by atoms with E-state index in [0.717, 1.165) is 16.7 Å². The van der Waals surface area contributed by atoms with Gasteiger partial charge in [0.15, 0.2) is 5.78 Å². The van der Waals surface area contributed by atoms with Crippen molar-refractivity contribution in [1.29, 1.82) is 0 Å². The third-order valence-corrected chi connectivity index (χ3v) is 3.66. The van der Waals surface area contributed by atoms with E-state index in [1.54, 1.807) is 0 Å². The molecule has 0 saturated carbocycles. The fourth-order valence-corrected chi connectivity index (χ4v) is 2.67. The summed E-state index contributed by atoms with van der Waals surface area (Å²) in [6.07, 6.45) is 0.714. The fraction of sp³-hybridized carbons (Fsp3) is 0.500. The minimum absolute atomic E-state index is 0.0207. The molecular formula is C16H21NO2. The number of amides is 1. The van der Waals surface area contributed by atoms with Gasteiger partial charge in [0.05, 0.1) is 6.04 Å². The lowest BCUT2D eigenvalue weighted by atomic mass is 9.88. The number of ketones is 1. The third-order valence-electron chi connectivity index (χ3n) is 3.66. The molecule has 3 heteroatoms. The molecule has 1 aromatic carbocycles. The van der Waals surface area contributed by atoms with Gasteiger partial charge in [-0.1, -0.05) is 37.6 Å². The minimum Gasteiger partial charge on any atom is -0.345 e. The van der Waals surface area contributed by atoms with Crippen molar-refractivity contribution in [3.05, 3.63) is 34.9 Å². The summed E-state index contributed by atoms with van der Waals surface area (Å²) in [6.45, 7) is 8.05. The molecule has 1 fully saturated rings. The van der Waals surface area contributed by atoms with E-state index in [4.69, 9.17) is 0 Å². The highest BCUT2D eigenvalue weighted by molar-refractivity contribution is 6.15. The Bertz CT molecular complexity index is 519. The first-order valence-electron chi connectivity index (χ1n) is 6.81. The summed E-state index contributed by atoms with van der Waals surface area (Å²) in [7, 11) is 0. The van der Waals surface area contributed by atoms with Crippen molar-refractivity contribution in [2.45, 2.75) is 46.1 Å². The maximum atomic E-state index is 12.4. The summed E-state index contributed by atoms with van der Waals surface area (Å²) in [5.41, 5.74) is 2.94. The van der Waals surface area contributed by atoms with Crippen LogP contribution < -0.4 is 5.32 Å². The zero-order valence-corrected chi connectivity index (χ0v) is 12.0. The largest absolute Gasteiger partial charge is 0.345 e. The normalized spacial score (nSPS) is 23.0. The number of Topliss-reactive ketones (excluding diaryl/α,β-unsaturated/α-hetero) is 1. The van der Waals surface area contributed by atoms with E-state index in [-0.39, 0.29) is 17.7 Å². The van der Waals surface area contributed by atoms with E-state index in [9.17, 15) is 9.59 Å². The van der Waals surface area contributed by atoms with Crippen LogP contribution >= 0.6 is 0 Å². The van der Waals surface area contributed by atoms with Crippen LogP contribution in [-0.2, 0) is 9.59 Å². The maximum absolute atomic E-state index is 12.4. The van der Waals surface area contributed by atoms with E-state index >= 15 is 0 Å². The molecule has 2 atom stereocenters. The lowest BCUT2D eigenvalue weighted by Crippen LogP contribution is -2.30. The summed E-state index contributed by atoms with van der Waals surface area (Å²) < 4.78 is 0. The molecule has 0 bridgehead atoms. The second-order valence-corrected chi connectivity index (χ2v) is 5.89. The predicted molar refractivity (Wildman–Crippen MR) is 75.0 cm³/mol. The van der Waals surface area contributed by atoms with Gasteiger partial charge >= 0.3 is 0 Å². The highest BCUT2D eigenvalue weighted by atomic mass is 16.2. The van der Waals surface area contributed by atoms with Gasteiger partial charge in [-0.15, -0.1) is 0 Å². The molecule has 2 unspecified atom stereocenters. The summed E-state index contributed by atoms with van der Waals surface area (Å²) in [6, 6.07) is 5.61. The van der Waals surface area contributed by atoms with Crippen LogP contribution in [0.2, 0.25) is 0 Å². The minimum atomic E-state index is -0.622. The van der Waals surface area contributed by atoms with Gasteiger partial charge in [-0.05, 0) is 37.3 Å². The Morgan fingerprint density at radius 2 is 1.89 bits per heavy atom. The van der Waals surface area contributed by atoms with E-state index in [2.05, 4.69) is 19.2 Å². The molecule has 1 aliphatic heterocycles. The molecule has 0 spiro atoms. The molecule has 3 nitrogen and oxygen atoms in total. The SMILES string of the molecule is Cc1ccc(C)c(C2C(=O)NC(CC(C)C)C2=O)c1. The van der Waals surface area contributed by atoms with E-state index < -0.39 is 5.92 Å². The number of nitrogens with one attached hydrogen (secondary N) is 1. The predicted octanol–water partition coefficient (Wildman–Crippen LogP) is 2.50. The van der Waals surface area contributed by atoms with Gasteiger partial charge in [0.1, 0.15) is 5.92 Å². The van der Waals surface area contributed by atoms with Crippen LogP contribution in [0.25, 0.3) is 0 Å². The van der Waals surface area contributed by atoms with E-state index in [1.807, 2.05) is 32.0 Å². The van der Waals surface area contributed by atoms with Crippen LogP contribution in [0.3, 0.4) is 0 Å². The number of carbonyl (C=O) groups excluding carboxylic acids is 2. The third kappa shape index (κ3) is 2.70. The average Bonchev–Trinajstić information content (AvgIpc) is 2.57. The Balaban J connectivity index is 2.32. The number of aryl methyl sites for hydroxylation is 2. The molecule has 19 heavy (non-hydrogen) atoms. The van der Waals surface area contributed by atoms with Crippen LogP contribution in [0.5, 0.6) is 0 Å². The zero-order valence-electron chi connectivity index (χ0n) is 12.0. The molecule has 1 N–H and O–H groups in total. The van der Waals surface area contributed by atoms with E-state index in [1.165, 1.54) is 0 Å². The first-order chi connectivity index (χ1) is 8.90. The molecule has 2 rings (SSSR count). The highest BCUT2D eigenvalue weighted by Crippen LogP contribution is 2.29. The van der Waals surface area contributed by atoms with Gasteiger partial charge in [-0.3, -0.25) is 9.59 Å². The van der Waals surface area contributed by atoms with Gasteiger partial charge in [0, 0.05) is 0 Å². The van der Waals surface area contributed by atoms with Gasteiger partial charge in [0.2, 0.25) is 5.91 Å². The molecular weight excluding hydrogens is 238 g/mol. The maximum Gasteiger partial charge on any atom is 0.235 e. The molecule has 0 aromatic heterocycles. The smallest absolute Gasteiger partial charge is 0.235 e. The number of carbonyl (C=O) groups is 2. The Labute approximate surface area is 114 Å². The van der Waals surface area contributed by atoms with Crippen molar-refractivity contribution in [1.82, 2.24) is 5.32 Å². The molecule has 0 radical (unpaired) electrons. The van der Waals surface area contributed by atoms with Crippen LogP contribution in [0.15, 0.2) is 18.2 Å². The molecule has 1 aromatic rings. The summed E-state index contributed by atoms with van der Waals surface area (Å²) in [5, 5.41) is 2.84. The second-order valence-electron chi connectivity index (χ2n) is 5.89. The number of rotatable bonds is 3. The molecule has 0 aliphatic carbocycles. The number of benzene rings is 1. The Kier molecular flexibility index (Phi) is 3.74. The second kappa shape index (κ2) is 5.16. The van der Waals surface area contributed by atoms with Crippen LogP contribution in [0.1, 0.15) is 42.9 Å². The van der Waals surface area contributed by atoms with Gasteiger partial charge in [-0.2, -0.15) is 0 Å². The van der Waals surface area contributed by atoms with Crippen molar-refractivity contribution in [2.24, 2.45) is 5.92 Å². The van der Waals surface area contributed by atoms with Crippen LogP contribution in [-0.4, -0.2) is 17.7 Å². The van der Waals surface area contributed by atoms with E-state index in [0.29, 0.717) is 12.3 Å². The monoisotopic (exact) mass is 259 g/mol. The Hall–Kier alpha value is -1.64. The van der Waals surface area contributed by atoms with Crippen molar-refractivity contribution in [2.75, 3.05) is 0 Å². The molecule has 1 aliphatic rings. The zero-order chi connectivity index (χ0) is 14.2. The first-order valence-corrected chi connectivity index (χ1v) is 6.81. The van der Waals surface area contributed by atoms with Crippen LogP contribution in [0, 0.1) is 19.8 Å². The molecule has 1 amide bonds. The molecule has 1 saturated heterocycles. The summed E-state index contributed by atoms with van der Waals surface area (Å²) in [4.78, 5) is 24.5. The van der Waals surface area contributed by atoms with Crippen molar-refractivity contribution in [3.63, 3.8) is 0 Å². The Morgan fingerprint density at radius 3 is 2.53 bits per heavy atom. The average molecular weight is 259 g/mol. The van der Waals surface area contributed by atoms with Crippen molar-refractivity contribution >= 4 is 11.7 Å². The lowest BCUT2D eigenvalue weighted by Gasteiger charge is -2.13. The standard InChI is InChI=1S/C16H21NO2/c1-9(2)7-13-15(18)14(16(19)17-13)12-8-10(3)5-6-11(12)4/h5-6,8-9,13-14H,7H2,1-4H3,(H,17,19). The number of hydrogen-bond acceptors (Lipinski definition) is 2. The van der Waals surface area contributed by atoms with Gasteiger partial charge in [0.25, 0.3) is 0 Å². The molecule has 1 heterocycles. The fourth-order valence-electron chi connectivity index (χ4n) is 2.67. The Morgan fingerprint density at radius 1 is 1.21 bits per heavy atom. The van der Waals surface area contributed by atoms with Gasteiger partial charge < -0.3 is 5.32 Å². The van der Waals surface area contributed by atoms with Crippen molar-refractivity contribution < 1.29 is 9.59 Å². The summed E-state index contributed by atoms with van der Waals surface area (Å²) >= 11 is 0. The van der Waals surface area contributed by atoms with Gasteiger partial charge in [-0.25, -0.2) is 0 Å². The summed E-state index contributed by atoms with van der Waals surface area (Å²) in [5.74, 6) is -0.355. The molecule has 102 valence electrons. The lowest BCUT2D eigenvalue weighted by molar-refractivity contribution is -0.124. The first kappa shape index (κ1) is 13.8. The van der Waals surface area contributed by atoms with Crippen molar-refractivity contribution in [3.8, 4) is 0 Å². The highest BCUT2D eigenvalue weighted by Gasteiger charge is 2.42. The number of hydrogen-bond donors (Lipinski definition) is 1. The topological polar surface area (TPSA) is 46.2 Å². The van der Waals surface area contributed by atoms with Crippen LogP contribution in [0.4, 0.5) is 0 Å².